The second-order valence-corrected chi connectivity index (χ2v) is 5.22. The molecule has 1 aliphatic carbocycles. The fraction of sp³-hybridized carbons (Fsp3) is 0.750. The van der Waals surface area contributed by atoms with Gasteiger partial charge in [-0.3, -0.25) is 0 Å². The summed E-state index contributed by atoms with van der Waals surface area (Å²) in [5, 5.41) is 0. The van der Waals surface area contributed by atoms with Crippen LogP contribution in [-0.2, 0) is 0 Å². The molecular formula is C8H9F5IN. The fourth-order valence-corrected chi connectivity index (χ4v) is 2.58. The van der Waals surface area contributed by atoms with Gasteiger partial charge in [0.2, 0.25) is 9.34 Å². The summed E-state index contributed by atoms with van der Waals surface area (Å²) >= 11 is 0.639. The van der Waals surface area contributed by atoms with E-state index >= 15 is 0 Å². The molecule has 4 unspecified atom stereocenters. The number of nitrogens with two attached hydrogens (primary N) is 1. The van der Waals surface area contributed by atoms with Crippen molar-refractivity contribution >= 4 is 22.6 Å². The molecule has 0 bridgehead atoms. The third-order valence-electron chi connectivity index (χ3n) is 2.87. The summed E-state index contributed by atoms with van der Waals surface area (Å²) in [4.78, 5) is 0. The molecule has 0 amide bonds. The molecule has 15 heavy (non-hydrogen) atoms. The lowest BCUT2D eigenvalue weighted by molar-refractivity contribution is -0.166. The van der Waals surface area contributed by atoms with Crippen LogP contribution in [0.4, 0.5) is 22.0 Å². The van der Waals surface area contributed by atoms with E-state index in [2.05, 4.69) is 6.58 Å². The smallest absolute Gasteiger partial charge is 0.321 e. The first-order chi connectivity index (χ1) is 6.47. The molecule has 1 aliphatic rings. The number of hydrogen-bond donors (Lipinski definition) is 1. The molecule has 0 spiro atoms. The average molecular weight is 341 g/mol. The maximum absolute atomic E-state index is 13.9. The predicted octanol–water partition coefficient (Wildman–Crippen LogP) is 2.69. The molecule has 1 saturated carbocycles. The lowest BCUT2D eigenvalue weighted by atomic mass is 9.88. The molecule has 7 heteroatoms. The summed E-state index contributed by atoms with van der Waals surface area (Å²) in [6.07, 6.45) is 0.297. The van der Waals surface area contributed by atoms with Crippen LogP contribution in [0.25, 0.3) is 0 Å². The van der Waals surface area contributed by atoms with Gasteiger partial charge in [-0.2, -0.15) is 8.78 Å². The van der Waals surface area contributed by atoms with Gasteiger partial charge in [0.15, 0.2) is 5.67 Å². The first-order valence-electron chi connectivity index (χ1n) is 3.99. The molecule has 0 aromatic rings. The van der Waals surface area contributed by atoms with Crippen molar-refractivity contribution in [1.29, 1.82) is 0 Å². The van der Waals surface area contributed by atoms with Gasteiger partial charge in [0.1, 0.15) is 0 Å². The molecule has 0 heterocycles. The first kappa shape index (κ1) is 13.1. The highest BCUT2D eigenvalue weighted by Gasteiger charge is 2.85. The predicted molar refractivity (Wildman–Crippen MR) is 54.3 cm³/mol. The minimum absolute atomic E-state index is 0.286. The van der Waals surface area contributed by atoms with Crippen molar-refractivity contribution in [3.05, 3.63) is 12.7 Å². The van der Waals surface area contributed by atoms with E-state index in [1.165, 1.54) is 0 Å². The summed E-state index contributed by atoms with van der Waals surface area (Å²) in [7, 11) is 0. The molecule has 1 fully saturated rings. The highest BCUT2D eigenvalue weighted by atomic mass is 127. The van der Waals surface area contributed by atoms with Gasteiger partial charge in [0.25, 0.3) is 0 Å². The lowest BCUT2D eigenvalue weighted by Crippen LogP contribution is -2.53. The van der Waals surface area contributed by atoms with Crippen LogP contribution < -0.4 is 5.73 Å². The molecular weight excluding hydrogens is 332 g/mol. The van der Waals surface area contributed by atoms with E-state index in [-0.39, 0.29) is 6.92 Å². The van der Waals surface area contributed by atoms with E-state index in [9.17, 15) is 22.0 Å². The topological polar surface area (TPSA) is 26.0 Å². The maximum Gasteiger partial charge on any atom is 0.328 e. The Labute approximate surface area is 97.0 Å². The molecule has 0 aliphatic heterocycles. The monoisotopic (exact) mass is 341 g/mol. The van der Waals surface area contributed by atoms with Crippen LogP contribution in [-0.4, -0.2) is 27.0 Å². The van der Waals surface area contributed by atoms with Crippen LogP contribution in [0.3, 0.4) is 0 Å². The standard InChI is InChI=1S/C8H9F5IN/c1-3-6(10)4(15)7(11,14)8(12,13)5(6,2)9/h3-4H,1,15H2,2H3. The molecule has 0 saturated heterocycles. The van der Waals surface area contributed by atoms with Crippen molar-refractivity contribution in [2.75, 3.05) is 0 Å². The summed E-state index contributed by atoms with van der Waals surface area (Å²) in [5.41, 5.74) is -2.02. The van der Waals surface area contributed by atoms with Crippen LogP contribution in [0, 0.1) is 0 Å². The Morgan fingerprint density at radius 1 is 1.27 bits per heavy atom. The second kappa shape index (κ2) is 3.06. The molecule has 0 radical (unpaired) electrons. The lowest BCUT2D eigenvalue weighted by Gasteiger charge is -2.31. The zero-order valence-corrected chi connectivity index (χ0v) is 9.86. The van der Waals surface area contributed by atoms with Crippen LogP contribution in [0.5, 0.6) is 0 Å². The zero-order valence-electron chi connectivity index (χ0n) is 7.71. The number of alkyl halides is 6. The van der Waals surface area contributed by atoms with E-state index in [1.807, 2.05) is 0 Å². The Morgan fingerprint density at radius 2 is 1.67 bits per heavy atom. The van der Waals surface area contributed by atoms with Gasteiger partial charge in [-0.05, 0) is 35.6 Å². The first-order valence-corrected chi connectivity index (χ1v) is 5.07. The fourth-order valence-electron chi connectivity index (χ4n) is 1.62. The van der Waals surface area contributed by atoms with Crippen molar-refractivity contribution < 1.29 is 22.0 Å². The summed E-state index contributed by atoms with van der Waals surface area (Å²) < 4.78 is 64.2. The van der Waals surface area contributed by atoms with Gasteiger partial charge in [-0.1, -0.05) is 6.58 Å². The zero-order chi connectivity index (χ0) is 12.3. The van der Waals surface area contributed by atoms with Gasteiger partial charge in [0, 0.05) is 0 Å². The summed E-state index contributed by atoms with van der Waals surface area (Å²) in [5.74, 6) is -4.52. The maximum atomic E-state index is 13.9. The molecule has 2 N–H and O–H groups in total. The van der Waals surface area contributed by atoms with Crippen molar-refractivity contribution in [2.24, 2.45) is 5.73 Å². The van der Waals surface area contributed by atoms with Gasteiger partial charge in [-0.25, -0.2) is 13.2 Å². The SMILES string of the molecule is C=CC1(F)C(N)C(F)(I)C(F)(F)C1(C)F. The molecule has 0 aromatic carbocycles. The minimum atomic E-state index is -4.52. The normalized spacial score (nSPS) is 54.3. The van der Waals surface area contributed by atoms with Crippen molar-refractivity contribution in [3.63, 3.8) is 0 Å². The quantitative estimate of drug-likeness (QED) is 0.338. The highest BCUT2D eigenvalue weighted by Crippen LogP contribution is 2.63. The van der Waals surface area contributed by atoms with E-state index in [1.54, 1.807) is 0 Å². The van der Waals surface area contributed by atoms with Gasteiger partial charge >= 0.3 is 5.92 Å². The van der Waals surface area contributed by atoms with Crippen LogP contribution in [0.1, 0.15) is 6.92 Å². The van der Waals surface area contributed by atoms with Gasteiger partial charge < -0.3 is 5.73 Å². The largest absolute Gasteiger partial charge is 0.328 e. The van der Waals surface area contributed by atoms with Crippen LogP contribution >= 0.6 is 22.6 Å². The Kier molecular flexibility index (Phi) is 2.68. The van der Waals surface area contributed by atoms with E-state index in [4.69, 9.17) is 5.73 Å². The molecule has 1 nitrogen and oxygen atoms in total. The van der Waals surface area contributed by atoms with Crippen LogP contribution in [0.15, 0.2) is 12.7 Å². The van der Waals surface area contributed by atoms with Crippen molar-refractivity contribution in [1.82, 2.24) is 0 Å². The van der Waals surface area contributed by atoms with Gasteiger partial charge in [-0.15, -0.1) is 0 Å². The third kappa shape index (κ3) is 1.16. The second-order valence-electron chi connectivity index (χ2n) is 3.65. The third-order valence-corrected chi connectivity index (χ3v) is 4.22. The van der Waals surface area contributed by atoms with E-state index in [0.29, 0.717) is 28.7 Å². The number of rotatable bonds is 1. The van der Waals surface area contributed by atoms with Crippen molar-refractivity contribution in [2.45, 2.75) is 33.9 Å². The van der Waals surface area contributed by atoms with Gasteiger partial charge in [0.05, 0.1) is 6.04 Å². The van der Waals surface area contributed by atoms with Crippen LogP contribution in [0.2, 0.25) is 0 Å². The molecule has 4 atom stereocenters. The molecule has 1 rings (SSSR count). The summed E-state index contributed by atoms with van der Waals surface area (Å²) in [6.45, 7) is 3.18. The average Bonchev–Trinajstić information content (AvgIpc) is 2.18. The summed E-state index contributed by atoms with van der Waals surface area (Å²) in [6, 6.07) is -2.31. The Hall–Kier alpha value is 0.0800. The number of hydrogen-bond acceptors (Lipinski definition) is 1. The van der Waals surface area contributed by atoms with Crippen molar-refractivity contribution in [3.8, 4) is 0 Å². The minimum Gasteiger partial charge on any atom is -0.321 e. The molecule has 0 aromatic heterocycles. The number of halogens is 6. The molecule has 88 valence electrons. The van der Waals surface area contributed by atoms with E-state index in [0.717, 1.165) is 0 Å². The Balaban J connectivity index is 3.47. The van der Waals surface area contributed by atoms with E-state index < -0.39 is 27.0 Å². The Bertz CT molecular complexity index is 303. The highest BCUT2D eigenvalue weighted by molar-refractivity contribution is 14.1. The Morgan fingerprint density at radius 3 is 1.80 bits per heavy atom.